The molecule has 1 aliphatic rings. The Bertz CT molecular complexity index is 521. The zero-order valence-electron chi connectivity index (χ0n) is 11.6. The molecule has 5 nitrogen and oxygen atoms in total. The number of amides is 2. The second kappa shape index (κ2) is 7.43. The molecule has 2 amide bonds. The van der Waals surface area contributed by atoms with Crippen LogP contribution in [-0.2, 0) is 9.59 Å². The van der Waals surface area contributed by atoms with Gasteiger partial charge in [-0.05, 0) is 25.0 Å². The van der Waals surface area contributed by atoms with E-state index in [9.17, 15) is 14.7 Å². The van der Waals surface area contributed by atoms with Gasteiger partial charge in [0.05, 0.1) is 16.8 Å². The molecule has 0 bridgehead atoms. The molecule has 3 N–H and O–H groups in total. The Labute approximate surface area is 128 Å². The Balaban J connectivity index is 1.83. The summed E-state index contributed by atoms with van der Waals surface area (Å²) in [4.78, 5) is 23.5. The topological polar surface area (TPSA) is 78.4 Å². The van der Waals surface area contributed by atoms with Crippen LogP contribution in [0.1, 0.15) is 25.7 Å². The summed E-state index contributed by atoms with van der Waals surface area (Å²) in [7, 11) is 0. The molecule has 0 aromatic heterocycles. The van der Waals surface area contributed by atoms with E-state index in [1.165, 1.54) is 0 Å². The highest BCUT2D eigenvalue weighted by Gasteiger charge is 2.24. The molecule has 1 saturated carbocycles. The lowest BCUT2D eigenvalue weighted by atomic mass is 9.86. The maximum absolute atomic E-state index is 11.8. The molecule has 6 heteroatoms. The number of benzene rings is 1. The summed E-state index contributed by atoms with van der Waals surface area (Å²) in [6, 6.07) is 6.71. The van der Waals surface area contributed by atoms with Gasteiger partial charge in [0, 0.05) is 12.5 Å². The van der Waals surface area contributed by atoms with Crippen molar-refractivity contribution in [2.75, 3.05) is 11.9 Å². The number of hydrogen-bond donors (Lipinski definition) is 3. The Morgan fingerprint density at radius 1 is 1.19 bits per heavy atom. The third-order valence-electron chi connectivity index (χ3n) is 3.72. The summed E-state index contributed by atoms with van der Waals surface area (Å²) in [6.45, 7) is 0.315. The van der Waals surface area contributed by atoms with Crippen LogP contribution < -0.4 is 10.6 Å². The predicted molar refractivity (Wildman–Crippen MR) is 81.1 cm³/mol. The van der Waals surface area contributed by atoms with Crippen LogP contribution in [0.3, 0.4) is 0 Å². The first-order valence-corrected chi connectivity index (χ1v) is 7.47. The quantitative estimate of drug-likeness (QED) is 0.747. The number of carbonyl (C=O) groups is 2. The smallest absolute Gasteiger partial charge is 0.313 e. The molecular weight excluding hydrogens is 292 g/mol. The molecule has 1 fully saturated rings. The molecule has 0 unspecified atom stereocenters. The van der Waals surface area contributed by atoms with Gasteiger partial charge in [0.15, 0.2) is 0 Å². The van der Waals surface area contributed by atoms with Crippen LogP contribution in [0, 0.1) is 5.92 Å². The number of halogens is 1. The number of aliphatic hydroxyl groups is 1. The van der Waals surface area contributed by atoms with Gasteiger partial charge < -0.3 is 15.7 Å². The van der Waals surface area contributed by atoms with Crippen molar-refractivity contribution >= 4 is 29.1 Å². The first-order chi connectivity index (χ1) is 10.1. The molecule has 21 heavy (non-hydrogen) atoms. The largest absolute Gasteiger partial charge is 0.393 e. The molecule has 0 saturated heterocycles. The van der Waals surface area contributed by atoms with Gasteiger partial charge in [0.2, 0.25) is 0 Å². The van der Waals surface area contributed by atoms with Crippen molar-refractivity contribution in [1.82, 2.24) is 5.32 Å². The van der Waals surface area contributed by atoms with Crippen LogP contribution in [-0.4, -0.2) is 29.6 Å². The number of carbonyl (C=O) groups excluding carboxylic acids is 2. The monoisotopic (exact) mass is 310 g/mol. The van der Waals surface area contributed by atoms with E-state index in [1.807, 2.05) is 0 Å². The Kier molecular flexibility index (Phi) is 5.59. The average Bonchev–Trinajstić information content (AvgIpc) is 2.48. The first kappa shape index (κ1) is 15.8. The van der Waals surface area contributed by atoms with Crippen molar-refractivity contribution in [3.05, 3.63) is 29.3 Å². The third kappa shape index (κ3) is 4.44. The molecule has 2 atom stereocenters. The number of nitrogens with one attached hydrogen (secondary N) is 2. The third-order valence-corrected chi connectivity index (χ3v) is 4.05. The van der Waals surface area contributed by atoms with Crippen molar-refractivity contribution in [2.24, 2.45) is 5.92 Å². The van der Waals surface area contributed by atoms with Crippen LogP contribution in [0.25, 0.3) is 0 Å². The van der Waals surface area contributed by atoms with Gasteiger partial charge >= 0.3 is 11.8 Å². The fourth-order valence-corrected chi connectivity index (χ4v) is 2.65. The van der Waals surface area contributed by atoms with Gasteiger partial charge in [0.25, 0.3) is 0 Å². The molecule has 1 aliphatic carbocycles. The Hall–Kier alpha value is -1.59. The number of aliphatic hydroxyl groups excluding tert-OH is 1. The summed E-state index contributed by atoms with van der Waals surface area (Å²) in [5.41, 5.74) is 0.400. The van der Waals surface area contributed by atoms with Gasteiger partial charge in [-0.1, -0.05) is 36.6 Å². The van der Waals surface area contributed by atoms with E-state index in [0.29, 0.717) is 17.3 Å². The Morgan fingerprint density at radius 2 is 1.90 bits per heavy atom. The first-order valence-electron chi connectivity index (χ1n) is 7.09. The van der Waals surface area contributed by atoms with E-state index < -0.39 is 17.9 Å². The maximum Gasteiger partial charge on any atom is 0.313 e. The van der Waals surface area contributed by atoms with Gasteiger partial charge in [-0.25, -0.2) is 0 Å². The molecule has 2 rings (SSSR count). The standard InChI is InChI=1S/C15H19ClN2O3/c16-11-6-2-3-7-12(11)18-15(21)14(20)17-9-10-5-1-4-8-13(10)19/h2-3,6-7,10,13,19H,1,4-5,8-9H2,(H,17,20)(H,18,21)/t10-,13+/m1/s1. The number of hydrogen-bond acceptors (Lipinski definition) is 3. The molecule has 114 valence electrons. The van der Waals surface area contributed by atoms with Crippen molar-refractivity contribution < 1.29 is 14.7 Å². The number of anilines is 1. The molecule has 0 aliphatic heterocycles. The van der Waals surface area contributed by atoms with E-state index >= 15 is 0 Å². The molecule has 0 radical (unpaired) electrons. The highest BCUT2D eigenvalue weighted by Crippen LogP contribution is 2.23. The Morgan fingerprint density at radius 3 is 2.62 bits per heavy atom. The van der Waals surface area contributed by atoms with E-state index in [1.54, 1.807) is 24.3 Å². The minimum Gasteiger partial charge on any atom is -0.393 e. The average molecular weight is 311 g/mol. The maximum atomic E-state index is 11.8. The number of para-hydroxylation sites is 1. The lowest BCUT2D eigenvalue weighted by molar-refractivity contribution is -0.136. The molecule has 0 heterocycles. The molecule has 1 aromatic rings. The zero-order valence-corrected chi connectivity index (χ0v) is 12.4. The van der Waals surface area contributed by atoms with E-state index in [-0.39, 0.29) is 5.92 Å². The van der Waals surface area contributed by atoms with Crippen molar-refractivity contribution in [3.63, 3.8) is 0 Å². The fraction of sp³-hybridized carbons (Fsp3) is 0.467. The second-order valence-corrected chi connectivity index (χ2v) is 5.66. The van der Waals surface area contributed by atoms with Crippen molar-refractivity contribution in [2.45, 2.75) is 31.8 Å². The van der Waals surface area contributed by atoms with Gasteiger partial charge in [-0.2, -0.15) is 0 Å². The highest BCUT2D eigenvalue weighted by molar-refractivity contribution is 6.41. The van der Waals surface area contributed by atoms with Crippen LogP contribution in [0.15, 0.2) is 24.3 Å². The van der Waals surface area contributed by atoms with E-state index in [0.717, 1.165) is 25.7 Å². The van der Waals surface area contributed by atoms with E-state index in [4.69, 9.17) is 11.6 Å². The second-order valence-electron chi connectivity index (χ2n) is 5.26. The van der Waals surface area contributed by atoms with Gasteiger partial charge in [0.1, 0.15) is 0 Å². The minimum atomic E-state index is -0.756. The summed E-state index contributed by atoms with van der Waals surface area (Å²) in [6.07, 6.45) is 3.28. The lowest BCUT2D eigenvalue weighted by Crippen LogP contribution is -2.41. The highest BCUT2D eigenvalue weighted by atomic mass is 35.5. The summed E-state index contributed by atoms with van der Waals surface area (Å²) < 4.78 is 0. The summed E-state index contributed by atoms with van der Waals surface area (Å²) in [5.74, 6) is -1.45. The van der Waals surface area contributed by atoms with E-state index in [2.05, 4.69) is 10.6 Å². The lowest BCUT2D eigenvalue weighted by Gasteiger charge is -2.27. The van der Waals surface area contributed by atoms with Crippen LogP contribution in [0.2, 0.25) is 5.02 Å². The fourth-order valence-electron chi connectivity index (χ4n) is 2.47. The molecular formula is C15H19ClN2O3. The number of rotatable bonds is 3. The molecule has 1 aromatic carbocycles. The van der Waals surface area contributed by atoms with Crippen LogP contribution in [0.5, 0.6) is 0 Å². The van der Waals surface area contributed by atoms with Gasteiger partial charge in [-0.3, -0.25) is 9.59 Å². The normalized spacial score (nSPS) is 21.6. The van der Waals surface area contributed by atoms with Crippen LogP contribution >= 0.6 is 11.6 Å². The predicted octanol–water partition coefficient (Wildman–Crippen LogP) is 1.95. The molecule has 0 spiro atoms. The summed E-state index contributed by atoms with van der Waals surface area (Å²) >= 11 is 5.91. The van der Waals surface area contributed by atoms with Crippen molar-refractivity contribution in [3.8, 4) is 0 Å². The SMILES string of the molecule is O=C(NC[C@H]1CCCC[C@@H]1O)C(=O)Nc1ccccc1Cl. The van der Waals surface area contributed by atoms with Crippen molar-refractivity contribution in [1.29, 1.82) is 0 Å². The minimum absolute atomic E-state index is 0.0239. The zero-order chi connectivity index (χ0) is 15.2. The van der Waals surface area contributed by atoms with Crippen LogP contribution in [0.4, 0.5) is 5.69 Å². The summed E-state index contributed by atoms with van der Waals surface area (Å²) in [5, 5.41) is 15.2. The van der Waals surface area contributed by atoms with Gasteiger partial charge in [-0.15, -0.1) is 0 Å².